The van der Waals surface area contributed by atoms with Crippen LogP contribution in [0.1, 0.15) is 13.3 Å². The van der Waals surface area contributed by atoms with E-state index in [2.05, 4.69) is 20.0 Å². The lowest BCUT2D eigenvalue weighted by Gasteiger charge is -2.16. The van der Waals surface area contributed by atoms with Gasteiger partial charge in [-0.2, -0.15) is 0 Å². The molecule has 0 aliphatic carbocycles. The molecule has 0 atom stereocenters. The zero-order chi connectivity index (χ0) is 6.62. The van der Waals surface area contributed by atoms with Crippen LogP contribution in [0.4, 0.5) is 0 Å². The molecule has 0 aromatic carbocycles. The summed E-state index contributed by atoms with van der Waals surface area (Å²) in [6, 6.07) is 1.25. The van der Waals surface area contributed by atoms with Gasteiger partial charge in [0.25, 0.3) is 0 Å². The number of aliphatic hydroxyl groups is 1. The van der Waals surface area contributed by atoms with E-state index < -0.39 is 8.07 Å². The van der Waals surface area contributed by atoms with Crippen molar-refractivity contribution < 1.29 is 5.11 Å². The van der Waals surface area contributed by atoms with E-state index in [-0.39, 0.29) is 0 Å². The first-order chi connectivity index (χ1) is 3.62. The summed E-state index contributed by atoms with van der Waals surface area (Å²) in [5.41, 5.74) is 0. The molecule has 0 aromatic rings. The molecule has 0 unspecified atom stereocenters. The summed E-state index contributed by atoms with van der Waals surface area (Å²) in [6.45, 7) is 6.61. The van der Waals surface area contributed by atoms with Crippen LogP contribution in [0.5, 0.6) is 0 Å². The SMILES string of the molecule is CCC[Si](C)(C)CO. The fourth-order valence-electron chi connectivity index (χ4n) is 0.756. The Morgan fingerprint density at radius 1 is 1.38 bits per heavy atom. The van der Waals surface area contributed by atoms with Crippen LogP contribution in [0.25, 0.3) is 0 Å². The molecule has 0 rings (SSSR count). The summed E-state index contributed by atoms with van der Waals surface area (Å²) >= 11 is 0. The van der Waals surface area contributed by atoms with Crippen LogP contribution < -0.4 is 0 Å². The van der Waals surface area contributed by atoms with Crippen LogP contribution in [0.15, 0.2) is 0 Å². The van der Waals surface area contributed by atoms with Gasteiger partial charge in [0.2, 0.25) is 0 Å². The topological polar surface area (TPSA) is 20.2 Å². The summed E-state index contributed by atoms with van der Waals surface area (Å²) in [4.78, 5) is 0. The van der Waals surface area contributed by atoms with Crippen molar-refractivity contribution in [1.82, 2.24) is 0 Å². The Balaban J connectivity index is 3.37. The highest BCUT2D eigenvalue weighted by molar-refractivity contribution is 6.77. The number of aliphatic hydroxyl groups excluding tert-OH is 1. The lowest BCUT2D eigenvalue weighted by molar-refractivity contribution is 0.357. The fourth-order valence-corrected chi connectivity index (χ4v) is 2.27. The largest absolute Gasteiger partial charge is 0.400 e. The summed E-state index contributed by atoms with van der Waals surface area (Å²) in [5, 5.41) is 8.79. The first-order valence-corrected chi connectivity index (χ1v) is 6.64. The van der Waals surface area contributed by atoms with E-state index in [9.17, 15) is 0 Å². The monoisotopic (exact) mass is 132 g/mol. The highest BCUT2D eigenvalue weighted by Gasteiger charge is 2.16. The Labute approximate surface area is 52.7 Å². The van der Waals surface area contributed by atoms with Crippen molar-refractivity contribution in [3.8, 4) is 0 Å². The first-order valence-electron chi connectivity index (χ1n) is 3.23. The van der Waals surface area contributed by atoms with Crippen molar-refractivity contribution in [3.63, 3.8) is 0 Å². The molecule has 0 heterocycles. The molecule has 0 bridgehead atoms. The summed E-state index contributed by atoms with van der Waals surface area (Å²) in [5.74, 6) is 0. The maximum atomic E-state index is 8.79. The Hall–Kier alpha value is 0.177. The molecular weight excluding hydrogens is 116 g/mol. The second-order valence-electron chi connectivity index (χ2n) is 3.07. The van der Waals surface area contributed by atoms with Crippen LogP contribution >= 0.6 is 0 Å². The third-order valence-corrected chi connectivity index (χ3v) is 4.06. The van der Waals surface area contributed by atoms with E-state index in [0.717, 1.165) is 0 Å². The molecule has 0 aliphatic heterocycles. The highest BCUT2D eigenvalue weighted by Crippen LogP contribution is 2.09. The van der Waals surface area contributed by atoms with Crippen LogP contribution in [-0.2, 0) is 0 Å². The Kier molecular flexibility index (Phi) is 3.32. The van der Waals surface area contributed by atoms with Gasteiger partial charge in [-0.05, 0) is 0 Å². The van der Waals surface area contributed by atoms with Crippen LogP contribution in [-0.4, -0.2) is 19.4 Å². The molecule has 0 radical (unpaired) electrons. The molecule has 1 N–H and O–H groups in total. The Morgan fingerprint density at radius 2 is 1.88 bits per heavy atom. The standard InChI is InChI=1S/C6H16OSi/c1-4-5-8(2,3)6-7/h7H,4-6H2,1-3H3. The molecule has 2 heteroatoms. The van der Waals surface area contributed by atoms with Crippen molar-refractivity contribution in [2.45, 2.75) is 32.5 Å². The van der Waals surface area contributed by atoms with E-state index in [1.165, 1.54) is 12.5 Å². The van der Waals surface area contributed by atoms with Gasteiger partial charge in [-0.25, -0.2) is 0 Å². The van der Waals surface area contributed by atoms with Crippen LogP contribution in [0, 0.1) is 0 Å². The van der Waals surface area contributed by atoms with Crippen molar-refractivity contribution in [2.75, 3.05) is 6.23 Å². The van der Waals surface area contributed by atoms with Gasteiger partial charge >= 0.3 is 0 Å². The second kappa shape index (κ2) is 3.25. The quantitative estimate of drug-likeness (QED) is 0.579. The van der Waals surface area contributed by atoms with E-state index in [1.807, 2.05) is 0 Å². The molecule has 0 spiro atoms. The molecule has 0 aromatic heterocycles. The molecule has 0 saturated carbocycles. The molecule has 50 valence electrons. The van der Waals surface area contributed by atoms with E-state index in [0.29, 0.717) is 6.23 Å². The molecule has 0 aliphatic rings. The molecule has 0 fully saturated rings. The first kappa shape index (κ1) is 8.18. The van der Waals surface area contributed by atoms with Crippen LogP contribution in [0.3, 0.4) is 0 Å². The lowest BCUT2D eigenvalue weighted by atomic mass is 10.6. The van der Waals surface area contributed by atoms with Crippen molar-refractivity contribution in [1.29, 1.82) is 0 Å². The maximum Gasteiger partial charge on any atom is 0.0772 e. The van der Waals surface area contributed by atoms with Gasteiger partial charge in [0.1, 0.15) is 0 Å². The summed E-state index contributed by atoms with van der Waals surface area (Å²) < 4.78 is 0. The molecule has 1 nitrogen and oxygen atoms in total. The predicted octanol–water partition coefficient (Wildman–Crippen LogP) is 1.64. The Morgan fingerprint density at radius 3 is 2.00 bits per heavy atom. The van der Waals surface area contributed by atoms with Gasteiger partial charge < -0.3 is 5.11 Å². The van der Waals surface area contributed by atoms with Gasteiger partial charge in [-0.15, -0.1) is 0 Å². The minimum absolute atomic E-state index is 0.445. The van der Waals surface area contributed by atoms with E-state index >= 15 is 0 Å². The van der Waals surface area contributed by atoms with Gasteiger partial charge in [0.15, 0.2) is 0 Å². The fraction of sp³-hybridized carbons (Fsp3) is 1.00. The normalized spacial score (nSPS) is 12.0. The highest BCUT2D eigenvalue weighted by atomic mass is 28.3. The Bertz CT molecular complexity index is 61.5. The smallest absolute Gasteiger partial charge is 0.0772 e. The van der Waals surface area contributed by atoms with E-state index in [1.54, 1.807) is 0 Å². The maximum absolute atomic E-state index is 8.79. The zero-order valence-electron chi connectivity index (χ0n) is 6.07. The second-order valence-corrected chi connectivity index (χ2v) is 8.22. The average Bonchev–Trinajstić information content (AvgIpc) is 1.67. The average molecular weight is 132 g/mol. The predicted molar refractivity (Wildman–Crippen MR) is 39.7 cm³/mol. The minimum Gasteiger partial charge on any atom is -0.400 e. The third-order valence-electron chi connectivity index (χ3n) is 1.35. The van der Waals surface area contributed by atoms with Gasteiger partial charge in [-0.1, -0.05) is 32.5 Å². The van der Waals surface area contributed by atoms with Gasteiger partial charge in [0, 0.05) is 6.23 Å². The van der Waals surface area contributed by atoms with Gasteiger partial charge in [0.05, 0.1) is 8.07 Å². The van der Waals surface area contributed by atoms with Crippen molar-refractivity contribution in [2.24, 2.45) is 0 Å². The molecule has 8 heavy (non-hydrogen) atoms. The zero-order valence-corrected chi connectivity index (χ0v) is 7.07. The van der Waals surface area contributed by atoms with Crippen molar-refractivity contribution in [3.05, 3.63) is 0 Å². The molecular formula is C6H16OSi. The van der Waals surface area contributed by atoms with Crippen LogP contribution in [0.2, 0.25) is 19.1 Å². The molecule has 0 amide bonds. The summed E-state index contributed by atoms with van der Waals surface area (Å²) in [6.07, 6.45) is 1.67. The number of hydrogen-bond acceptors (Lipinski definition) is 1. The summed E-state index contributed by atoms with van der Waals surface area (Å²) in [7, 11) is -1.12. The van der Waals surface area contributed by atoms with Gasteiger partial charge in [-0.3, -0.25) is 0 Å². The number of rotatable bonds is 3. The van der Waals surface area contributed by atoms with Crippen molar-refractivity contribution >= 4 is 8.07 Å². The minimum atomic E-state index is -1.12. The lowest BCUT2D eigenvalue weighted by Crippen LogP contribution is -2.30. The van der Waals surface area contributed by atoms with E-state index in [4.69, 9.17) is 5.11 Å². The number of hydrogen-bond donors (Lipinski definition) is 1. The third kappa shape index (κ3) is 3.21. The molecule has 0 saturated heterocycles.